The monoisotopic (exact) mass is 377 g/mol. The Balaban J connectivity index is 1.76. The number of rotatable bonds is 7. The van der Waals surface area contributed by atoms with Gasteiger partial charge in [-0.1, -0.05) is 43.3 Å². The van der Waals surface area contributed by atoms with E-state index in [4.69, 9.17) is 9.47 Å². The maximum atomic E-state index is 12.9. The molecule has 3 rings (SSSR count). The van der Waals surface area contributed by atoms with Crippen molar-refractivity contribution >= 4 is 16.7 Å². The third-order valence-electron chi connectivity index (χ3n) is 5.21. The van der Waals surface area contributed by atoms with Crippen LogP contribution in [0.3, 0.4) is 0 Å². The Labute approximate surface area is 166 Å². The van der Waals surface area contributed by atoms with Crippen molar-refractivity contribution < 1.29 is 14.3 Å². The van der Waals surface area contributed by atoms with Crippen LogP contribution in [0.2, 0.25) is 0 Å². The summed E-state index contributed by atoms with van der Waals surface area (Å²) in [6.07, 6.45) is 0.822. The number of hydrogen-bond donors (Lipinski definition) is 1. The van der Waals surface area contributed by atoms with Gasteiger partial charge in [0.2, 0.25) is 5.91 Å². The average Bonchev–Trinajstić information content (AvgIpc) is 2.76. The third kappa shape index (κ3) is 4.28. The number of amides is 1. The lowest BCUT2D eigenvalue weighted by molar-refractivity contribution is -0.123. The predicted molar refractivity (Wildman–Crippen MR) is 113 cm³/mol. The van der Waals surface area contributed by atoms with Crippen molar-refractivity contribution in [2.45, 2.75) is 32.2 Å². The van der Waals surface area contributed by atoms with Crippen molar-refractivity contribution in [3.05, 3.63) is 71.8 Å². The van der Waals surface area contributed by atoms with Gasteiger partial charge in [-0.2, -0.15) is 0 Å². The number of methoxy groups -OCH3 is 2. The molecule has 3 aromatic carbocycles. The van der Waals surface area contributed by atoms with Gasteiger partial charge in [0.05, 0.1) is 26.2 Å². The van der Waals surface area contributed by atoms with E-state index in [1.165, 1.54) is 0 Å². The lowest BCUT2D eigenvalue weighted by Crippen LogP contribution is -2.31. The summed E-state index contributed by atoms with van der Waals surface area (Å²) in [6.45, 7) is 4.02. The second-order valence-corrected chi connectivity index (χ2v) is 6.94. The second-order valence-electron chi connectivity index (χ2n) is 6.94. The maximum Gasteiger partial charge on any atom is 0.227 e. The minimum atomic E-state index is -0.237. The molecule has 0 unspecified atom stereocenters. The van der Waals surface area contributed by atoms with Crippen LogP contribution >= 0.6 is 0 Å². The van der Waals surface area contributed by atoms with Crippen LogP contribution in [0.15, 0.2) is 60.7 Å². The molecule has 146 valence electrons. The van der Waals surface area contributed by atoms with E-state index in [0.717, 1.165) is 39.8 Å². The highest BCUT2D eigenvalue weighted by atomic mass is 16.5. The second kappa shape index (κ2) is 8.79. The molecule has 0 heterocycles. The molecule has 0 radical (unpaired) electrons. The first kappa shape index (κ1) is 19.7. The summed E-state index contributed by atoms with van der Waals surface area (Å²) in [5, 5.41) is 5.38. The zero-order valence-electron chi connectivity index (χ0n) is 16.9. The highest BCUT2D eigenvalue weighted by Crippen LogP contribution is 2.26. The zero-order chi connectivity index (χ0) is 20.1. The van der Waals surface area contributed by atoms with Crippen molar-refractivity contribution in [2.75, 3.05) is 14.2 Å². The average molecular weight is 377 g/mol. The van der Waals surface area contributed by atoms with Crippen molar-refractivity contribution in [3.8, 4) is 11.5 Å². The van der Waals surface area contributed by atoms with Crippen LogP contribution in [0.5, 0.6) is 11.5 Å². The van der Waals surface area contributed by atoms with Crippen LogP contribution in [0.25, 0.3) is 10.8 Å². The fourth-order valence-corrected chi connectivity index (χ4v) is 3.34. The molecule has 4 heteroatoms. The largest absolute Gasteiger partial charge is 0.497 e. The molecule has 1 amide bonds. The summed E-state index contributed by atoms with van der Waals surface area (Å²) < 4.78 is 10.5. The zero-order valence-corrected chi connectivity index (χ0v) is 16.9. The molecule has 28 heavy (non-hydrogen) atoms. The Morgan fingerprint density at radius 2 is 1.43 bits per heavy atom. The predicted octanol–water partition coefficient (Wildman–Crippen LogP) is 5.23. The fraction of sp³-hybridized carbons (Fsp3) is 0.292. The van der Waals surface area contributed by atoms with Gasteiger partial charge in [0.15, 0.2) is 0 Å². The van der Waals surface area contributed by atoms with E-state index in [0.29, 0.717) is 0 Å². The molecule has 0 saturated carbocycles. The van der Waals surface area contributed by atoms with Crippen LogP contribution in [0.4, 0.5) is 0 Å². The number of carbonyl (C=O) groups excluding carboxylic acids is 1. The molecule has 0 aliphatic carbocycles. The number of fused-ring (bicyclic) bond motifs is 1. The SMILES string of the molecule is CC[C@H](NC(=O)[C@H](C)c1ccc2cc(OC)ccc2c1)c1ccc(OC)cc1. The topological polar surface area (TPSA) is 47.6 Å². The first-order valence-corrected chi connectivity index (χ1v) is 9.57. The van der Waals surface area contributed by atoms with Crippen LogP contribution in [-0.2, 0) is 4.79 Å². The van der Waals surface area contributed by atoms with Crippen LogP contribution < -0.4 is 14.8 Å². The Bertz CT molecular complexity index is 950. The lowest BCUT2D eigenvalue weighted by Gasteiger charge is -2.21. The number of benzene rings is 3. The van der Waals surface area contributed by atoms with Crippen molar-refractivity contribution in [2.24, 2.45) is 0 Å². The van der Waals surface area contributed by atoms with E-state index < -0.39 is 0 Å². The van der Waals surface area contributed by atoms with E-state index in [2.05, 4.69) is 18.3 Å². The molecule has 0 aromatic heterocycles. The fourth-order valence-electron chi connectivity index (χ4n) is 3.34. The first-order valence-electron chi connectivity index (χ1n) is 9.57. The number of ether oxygens (including phenoxy) is 2. The van der Waals surface area contributed by atoms with Crippen molar-refractivity contribution in [3.63, 3.8) is 0 Å². The third-order valence-corrected chi connectivity index (χ3v) is 5.21. The Kier molecular flexibility index (Phi) is 6.19. The lowest BCUT2D eigenvalue weighted by atomic mass is 9.96. The summed E-state index contributed by atoms with van der Waals surface area (Å²) in [4.78, 5) is 12.9. The van der Waals surface area contributed by atoms with Gasteiger partial charge in [-0.05, 0) is 59.5 Å². The number of carbonyl (C=O) groups is 1. The Morgan fingerprint density at radius 3 is 2.07 bits per heavy atom. The summed E-state index contributed by atoms with van der Waals surface area (Å²) in [7, 11) is 3.31. The molecule has 0 spiro atoms. The molecule has 0 bridgehead atoms. The van der Waals surface area contributed by atoms with Gasteiger partial charge < -0.3 is 14.8 Å². The summed E-state index contributed by atoms with van der Waals surface area (Å²) in [6, 6.07) is 19.9. The molecule has 3 aromatic rings. The summed E-state index contributed by atoms with van der Waals surface area (Å²) >= 11 is 0. The van der Waals surface area contributed by atoms with Gasteiger partial charge in [-0.3, -0.25) is 4.79 Å². The van der Waals surface area contributed by atoms with Gasteiger partial charge in [-0.15, -0.1) is 0 Å². The quantitative estimate of drug-likeness (QED) is 0.613. The molecule has 0 saturated heterocycles. The Morgan fingerprint density at radius 1 is 0.857 bits per heavy atom. The smallest absolute Gasteiger partial charge is 0.227 e. The van der Waals surface area contributed by atoms with Gasteiger partial charge in [-0.25, -0.2) is 0 Å². The van der Waals surface area contributed by atoms with E-state index in [1.54, 1.807) is 14.2 Å². The molecule has 2 atom stereocenters. The van der Waals surface area contributed by atoms with Gasteiger partial charge in [0.25, 0.3) is 0 Å². The van der Waals surface area contributed by atoms with Gasteiger partial charge in [0, 0.05) is 0 Å². The van der Waals surface area contributed by atoms with E-state index >= 15 is 0 Å². The van der Waals surface area contributed by atoms with E-state index in [9.17, 15) is 4.79 Å². The van der Waals surface area contributed by atoms with Crippen molar-refractivity contribution in [1.29, 1.82) is 0 Å². The minimum absolute atomic E-state index is 0.0226. The van der Waals surface area contributed by atoms with E-state index in [1.807, 2.05) is 61.5 Å². The van der Waals surface area contributed by atoms with Crippen molar-refractivity contribution in [1.82, 2.24) is 5.32 Å². The highest BCUT2D eigenvalue weighted by molar-refractivity contribution is 5.88. The molecule has 0 fully saturated rings. The van der Waals surface area contributed by atoms with Crippen LogP contribution in [0, 0.1) is 0 Å². The maximum absolute atomic E-state index is 12.9. The molecule has 4 nitrogen and oxygen atoms in total. The molecule has 0 aliphatic rings. The van der Waals surface area contributed by atoms with Crippen LogP contribution in [0.1, 0.15) is 43.4 Å². The van der Waals surface area contributed by atoms with Gasteiger partial charge in [0.1, 0.15) is 11.5 Å². The van der Waals surface area contributed by atoms with E-state index in [-0.39, 0.29) is 17.9 Å². The highest BCUT2D eigenvalue weighted by Gasteiger charge is 2.20. The standard InChI is InChI=1S/C24H27NO3/c1-5-23(17-8-11-21(27-3)12-9-17)25-24(26)16(2)18-6-7-20-15-22(28-4)13-10-19(20)14-18/h6-16,23H,5H2,1-4H3,(H,25,26)/t16-,23+/m1/s1. The van der Waals surface area contributed by atoms with Crippen LogP contribution in [-0.4, -0.2) is 20.1 Å². The molecular weight excluding hydrogens is 350 g/mol. The molecule has 1 N–H and O–H groups in total. The Hall–Kier alpha value is -3.01. The summed E-state index contributed by atoms with van der Waals surface area (Å²) in [5.74, 6) is 1.43. The first-order chi connectivity index (χ1) is 13.5. The number of nitrogens with one attached hydrogen (secondary N) is 1. The minimum Gasteiger partial charge on any atom is -0.497 e. The summed E-state index contributed by atoms with van der Waals surface area (Å²) in [5.41, 5.74) is 2.08. The normalized spacial score (nSPS) is 13.0. The number of hydrogen-bond acceptors (Lipinski definition) is 3. The molecular formula is C24H27NO3. The van der Waals surface area contributed by atoms with Gasteiger partial charge >= 0.3 is 0 Å². The molecule has 0 aliphatic heterocycles.